The number of rotatable bonds is 6. The number of hydrogen-bond donors (Lipinski definition) is 1. The smallest absolute Gasteiger partial charge is 0.303 e. The molecule has 0 bridgehead atoms. The van der Waals surface area contributed by atoms with Crippen molar-refractivity contribution >= 4 is 17.3 Å². The number of carbonyl (C=O) groups is 1. The predicted octanol–water partition coefficient (Wildman–Crippen LogP) is 2.30. The first-order valence-electron chi connectivity index (χ1n) is 5.62. The van der Waals surface area contributed by atoms with Gasteiger partial charge in [-0.05, 0) is 19.8 Å². The zero-order valence-corrected chi connectivity index (χ0v) is 10.7. The molecule has 0 aliphatic carbocycles. The van der Waals surface area contributed by atoms with Gasteiger partial charge in [0.15, 0.2) is 0 Å². The van der Waals surface area contributed by atoms with Gasteiger partial charge in [-0.15, -0.1) is 21.5 Å². The maximum atomic E-state index is 10.3. The molecule has 18 heavy (non-hydrogen) atoms. The van der Waals surface area contributed by atoms with Crippen LogP contribution in [0.1, 0.15) is 30.2 Å². The van der Waals surface area contributed by atoms with Crippen LogP contribution in [0.4, 0.5) is 0 Å². The van der Waals surface area contributed by atoms with E-state index >= 15 is 0 Å². The Morgan fingerprint density at radius 2 is 2.28 bits per heavy atom. The number of unbranched alkanes of at least 4 members (excludes halogenated alkanes) is 1. The summed E-state index contributed by atoms with van der Waals surface area (Å²) in [4.78, 5) is 15.3. The van der Waals surface area contributed by atoms with Crippen molar-refractivity contribution in [3.8, 4) is 10.8 Å². The monoisotopic (exact) mass is 267 g/mol. The Bertz CT molecular complexity index is 535. The number of thiazole rings is 1. The number of aliphatic carboxylic acids is 1. The van der Waals surface area contributed by atoms with Crippen LogP contribution >= 0.6 is 11.3 Å². The Morgan fingerprint density at radius 1 is 1.44 bits per heavy atom. The molecule has 2 aromatic rings. The number of hydrogen-bond acceptors (Lipinski definition) is 6. The Morgan fingerprint density at radius 3 is 2.94 bits per heavy atom. The van der Waals surface area contributed by atoms with Gasteiger partial charge >= 0.3 is 5.97 Å². The molecule has 96 valence electrons. The minimum Gasteiger partial charge on any atom is -0.481 e. The summed E-state index contributed by atoms with van der Waals surface area (Å²) in [5, 5.41) is 17.3. The summed E-state index contributed by atoms with van der Waals surface area (Å²) in [6.07, 6.45) is 3.84. The second-order valence-electron chi connectivity index (χ2n) is 3.85. The number of carboxylic acids is 1. The molecule has 2 rings (SSSR count). The van der Waals surface area contributed by atoms with E-state index < -0.39 is 5.97 Å². The van der Waals surface area contributed by atoms with Gasteiger partial charge in [-0.25, -0.2) is 4.98 Å². The molecule has 0 fully saturated rings. The van der Waals surface area contributed by atoms with Gasteiger partial charge in [0, 0.05) is 12.8 Å². The molecule has 0 spiro atoms. The van der Waals surface area contributed by atoms with E-state index in [4.69, 9.17) is 9.52 Å². The van der Waals surface area contributed by atoms with E-state index in [0.717, 1.165) is 16.3 Å². The second kappa shape index (κ2) is 5.72. The first-order valence-corrected chi connectivity index (χ1v) is 6.44. The Hall–Kier alpha value is -1.76. The molecule has 0 aliphatic heterocycles. The molecule has 0 unspecified atom stereocenters. The molecule has 2 heterocycles. The molecule has 7 heteroatoms. The van der Waals surface area contributed by atoms with Crippen LogP contribution < -0.4 is 0 Å². The summed E-state index contributed by atoms with van der Waals surface area (Å²) in [6, 6.07) is 0. The van der Waals surface area contributed by atoms with Crippen LogP contribution in [-0.2, 0) is 11.2 Å². The van der Waals surface area contributed by atoms with E-state index in [1.807, 2.05) is 6.92 Å². The molecule has 0 aromatic carbocycles. The van der Waals surface area contributed by atoms with E-state index in [9.17, 15) is 4.79 Å². The molecule has 0 aliphatic rings. The maximum absolute atomic E-state index is 10.3. The molecule has 1 N–H and O–H groups in total. The van der Waals surface area contributed by atoms with Crippen molar-refractivity contribution in [2.45, 2.75) is 32.6 Å². The molecule has 0 atom stereocenters. The molecule has 0 saturated heterocycles. The fraction of sp³-hybridized carbons (Fsp3) is 0.455. The van der Waals surface area contributed by atoms with Crippen molar-refractivity contribution in [1.82, 2.24) is 15.2 Å². The van der Waals surface area contributed by atoms with E-state index in [2.05, 4.69) is 15.2 Å². The van der Waals surface area contributed by atoms with Gasteiger partial charge in [-0.3, -0.25) is 4.79 Å². The van der Waals surface area contributed by atoms with Crippen LogP contribution in [0.2, 0.25) is 0 Å². The summed E-state index contributed by atoms with van der Waals surface area (Å²) < 4.78 is 5.49. The molecular formula is C11H13N3O3S. The molecule has 6 nitrogen and oxygen atoms in total. The largest absolute Gasteiger partial charge is 0.481 e. The highest BCUT2D eigenvalue weighted by molar-refractivity contribution is 7.14. The minimum absolute atomic E-state index is 0.176. The summed E-state index contributed by atoms with van der Waals surface area (Å²) >= 11 is 1.50. The van der Waals surface area contributed by atoms with Crippen molar-refractivity contribution in [2.75, 3.05) is 0 Å². The Labute approximate surface area is 108 Å². The lowest BCUT2D eigenvalue weighted by Gasteiger charge is -1.93. The third kappa shape index (κ3) is 3.36. The summed E-state index contributed by atoms with van der Waals surface area (Å²) in [5.41, 5.74) is 0. The second-order valence-corrected chi connectivity index (χ2v) is 5.08. The molecular weight excluding hydrogens is 254 g/mol. The van der Waals surface area contributed by atoms with E-state index in [1.165, 1.54) is 11.3 Å². The third-order valence-electron chi connectivity index (χ3n) is 2.33. The van der Waals surface area contributed by atoms with Crippen LogP contribution in [-0.4, -0.2) is 26.3 Å². The van der Waals surface area contributed by atoms with Gasteiger partial charge in [0.05, 0.1) is 11.2 Å². The van der Waals surface area contributed by atoms with Gasteiger partial charge in [-0.1, -0.05) is 0 Å². The highest BCUT2D eigenvalue weighted by atomic mass is 32.1. The van der Waals surface area contributed by atoms with Crippen molar-refractivity contribution in [2.24, 2.45) is 0 Å². The van der Waals surface area contributed by atoms with Crippen molar-refractivity contribution in [3.63, 3.8) is 0 Å². The predicted molar refractivity (Wildman–Crippen MR) is 65.3 cm³/mol. The zero-order valence-electron chi connectivity index (χ0n) is 9.92. The molecule has 0 radical (unpaired) electrons. The maximum Gasteiger partial charge on any atom is 0.303 e. The standard InChI is InChI=1S/C11H13N3O3S/c1-7-12-6-8(18-7)11-14-13-9(17-11)4-2-3-5-10(15)16/h6H,2-5H2,1H3,(H,15,16). The van der Waals surface area contributed by atoms with Crippen molar-refractivity contribution in [3.05, 3.63) is 17.1 Å². The van der Waals surface area contributed by atoms with Crippen molar-refractivity contribution in [1.29, 1.82) is 0 Å². The Balaban J connectivity index is 1.88. The topological polar surface area (TPSA) is 89.1 Å². The van der Waals surface area contributed by atoms with E-state index in [0.29, 0.717) is 24.6 Å². The number of nitrogens with zero attached hydrogens (tertiary/aromatic N) is 3. The lowest BCUT2D eigenvalue weighted by molar-refractivity contribution is -0.137. The highest BCUT2D eigenvalue weighted by Gasteiger charge is 2.10. The zero-order chi connectivity index (χ0) is 13.0. The van der Waals surface area contributed by atoms with E-state index in [-0.39, 0.29) is 6.42 Å². The lowest BCUT2D eigenvalue weighted by Crippen LogP contribution is -1.95. The number of aryl methyl sites for hydroxylation is 2. The Kier molecular flexibility index (Phi) is 4.03. The third-order valence-corrected chi connectivity index (χ3v) is 3.23. The molecule has 2 aromatic heterocycles. The average Bonchev–Trinajstić information content (AvgIpc) is 2.93. The minimum atomic E-state index is -0.777. The van der Waals surface area contributed by atoms with Gasteiger partial charge in [0.2, 0.25) is 5.89 Å². The fourth-order valence-corrected chi connectivity index (χ4v) is 2.17. The van der Waals surface area contributed by atoms with Crippen molar-refractivity contribution < 1.29 is 14.3 Å². The molecule has 0 amide bonds. The number of aromatic nitrogens is 3. The van der Waals surface area contributed by atoms with Crippen LogP contribution in [0.25, 0.3) is 10.8 Å². The van der Waals surface area contributed by atoms with Gasteiger partial charge in [0.25, 0.3) is 5.89 Å². The van der Waals surface area contributed by atoms with Gasteiger partial charge in [0.1, 0.15) is 4.88 Å². The molecule has 0 saturated carbocycles. The summed E-state index contributed by atoms with van der Waals surface area (Å²) in [7, 11) is 0. The van der Waals surface area contributed by atoms with Crippen LogP contribution in [0, 0.1) is 6.92 Å². The fourth-order valence-electron chi connectivity index (χ4n) is 1.47. The quantitative estimate of drug-likeness (QED) is 0.808. The van der Waals surface area contributed by atoms with Crippen LogP contribution in [0.3, 0.4) is 0 Å². The summed E-state index contributed by atoms with van der Waals surface area (Å²) in [6.45, 7) is 1.91. The van der Waals surface area contributed by atoms with Crippen LogP contribution in [0.5, 0.6) is 0 Å². The van der Waals surface area contributed by atoms with Crippen LogP contribution in [0.15, 0.2) is 10.6 Å². The summed E-state index contributed by atoms with van der Waals surface area (Å²) in [5.74, 6) is 0.247. The number of carboxylic acid groups (broad SMARTS) is 1. The van der Waals surface area contributed by atoms with Gasteiger partial charge < -0.3 is 9.52 Å². The van der Waals surface area contributed by atoms with E-state index in [1.54, 1.807) is 6.20 Å². The first-order chi connectivity index (χ1) is 8.65. The van der Waals surface area contributed by atoms with Gasteiger partial charge in [-0.2, -0.15) is 0 Å². The lowest BCUT2D eigenvalue weighted by atomic mass is 10.2. The SMILES string of the molecule is Cc1ncc(-c2nnc(CCCCC(=O)O)o2)s1. The normalized spacial score (nSPS) is 10.7. The average molecular weight is 267 g/mol. The highest BCUT2D eigenvalue weighted by Crippen LogP contribution is 2.24. The first kappa shape index (κ1) is 12.7.